The molecule has 0 fully saturated rings. The Morgan fingerprint density at radius 2 is 1.96 bits per heavy atom. The molecule has 4 rings (SSSR count). The molecule has 2 aromatic carbocycles. The SMILES string of the molecule is O=C1C[C@H](C(=O)Nc2ccc(-n3ccnc3)cc2)c2ccccc2N1. The molecular weight excluding hydrogens is 316 g/mol. The van der Waals surface area contributed by atoms with E-state index in [-0.39, 0.29) is 18.2 Å². The van der Waals surface area contributed by atoms with Crippen LogP contribution in [0.4, 0.5) is 11.4 Å². The molecule has 2 N–H and O–H groups in total. The molecule has 1 aliphatic heterocycles. The number of hydrogen-bond acceptors (Lipinski definition) is 3. The van der Waals surface area contributed by atoms with Crippen LogP contribution in [-0.2, 0) is 9.59 Å². The average Bonchev–Trinajstić information content (AvgIpc) is 3.16. The number of benzene rings is 2. The van der Waals surface area contributed by atoms with Gasteiger partial charge in [-0.2, -0.15) is 0 Å². The van der Waals surface area contributed by atoms with E-state index >= 15 is 0 Å². The monoisotopic (exact) mass is 332 g/mol. The number of para-hydroxylation sites is 1. The normalized spacial score (nSPS) is 16.0. The number of nitrogens with zero attached hydrogens (tertiary/aromatic N) is 2. The largest absolute Gasteiger partial charge is 0.326 e. The molecule has 6 nitrogen and oxygen atoms in total. The first-order chi connectivity index (χ1) is 12.2. The first-order valence-electron chi connectivity index (χ1n) is 7.99. The fourth-order valence-electron chi connectivity index (χ4n) is 3.00. The Kier molecular flexibility index (Phi) is 3.78. The molecule has 2 heterocycles. The number of carbonyl (C=O) groups is 2. The van der Waals surface area contributed by atoms with Crippen molar-refractivity contribution in [3.8, 4) is 5.69 Å². The third-order valence-electron chi connectivity index (χ3n) is 4.25. The van der Waals surface area contributed by atoms with Crippen molar-refractivity contribution >= 4 is 23.2 Å². The van der Waals surface area contributed by atoms with Crippen molar-refractivity contribution in [3.63, 3.8) is 0 Å². The van der Waals surface area contributed by atoms with Crippen LogP contribution >= 0.6 is 0 Å². The van der Waals surface area contributed by atoms with Crippen LogP contribution in [0.3, 0.4) is 0 Å². The standard InChI is InChI=1S/C19H16N4O2/c24-18-11-16(15-3-1-2-4-17(15)22-18)19(25)21-13-5-7-14(8-6-13)23-10-9-20-12-23/h1-10,12,16H,11H2,(H,21,25)(H,22,24)/t16-/m0/s1. The van der Waals surface area contributed by atoms with Crippen LogP contribution in [0.2, 0.25) is 0 Å². The van der Waals surface area contributed by atoms with Crippen LogP contribution in [0.15, 0.2) is 67.3 Å². The van der Waals surface area contributed by atoms with E-state index in [1.54, 1.807) is 12.5 Å². The Morgan fingerprint density at radius 1 is 1.16 bits per heavy atom. The summed E-state index contributed by atoms with van der Waals surface area (Å²) in [4.78, 5) is 28.6. The highest BCUT2D eigenvalue weighted by Gasteiger charge is 2.30. The molecule has 0 aliphatic carbocycles. The van der Waals surface area contributed by atoms with E-state index in [0.717, 1.165) is 11.3 Å². The number of rotatable bonds is 3. The summed E-state index contributed by atoms with van der Waals surface area (Å²) in [7, 11) is 0. The molecule has 0 radical (unpaired) electrons. The number of hydrogen-bond donors (Lipinski definition) is 2. The highest BCUT2D eigenvalue weighted by molar-refractivity contribution is 6.05. The Labute approximate surface area is 144 Å². The van der Waals surface area contributed by atoms with E-state index in [4.69, 9.17) is 0 Å². The molecule has 1 atom stereocenters. The molecule has 3 aromatic rings. The van der Waals surface area contributed by atoms with Crippen LogP contribution in [-0.4, -0.2) is 21.4 Å². The molecule has 124 valence electrons. The van der Waals surface area contributed by atoms with Crippen molar-refractivity contribution in [2.24, 2.45) is 0 Å². The number of carbonyl (C=O) groups excluding carboxylic acids is 2. The smallest absolute Gasteiger partial charge is 0.232 e. The minimum Gasteiger partial charge on any atom is -0.326 e. The molecule has 2 amide bonds. The van der Waals surface area contributed by atoms with Gasteiger partial charge < -0.3 is 15.2 Å². The van der Waals surface area contributed by atoms with Crippen molar-refractivity contribution in [2.45, 2.75) is 12.3 Å². The maximum Gasteiger partial charge on any atom is 0.232 e. The maximum atomic E-state index is 12.7. The van der Waals surface area contributed by atoms with Gasteiger partial charge in [-0.3, -0.25) is 9.59 Å². The Bertz CT molecular complexity index is 917. The first kappa shape index (κ1) is 15.1. The summed E-state index contributed by atoms with van der Waals surface area (Å²) >= 11 is 0. The van der Waals surface area contributed by atoms with Crippen LogP contribution in [0.5, 0.6) is 0 Å². The molecule has 0 bridgehead atoms. The Morgan fingerprint density at radius 3 is 2.72 bits per heavy atom. The quantitative estimate of drug-likeness (QED) is 0.774. The van der Waals surface area contributed by atoms with E-state index in [9.17, 15) is 9.59 Å². The average molecular weight is 332 g/mol. The zero-order chi connectivity index (χ0) is 17.2. The van der Waals surface area contributed by atoms with Crippen molar-refractivity contribution in [1.29, 1.82) is 0 Å². The van der Waals surface area contributed by atoms with Gasteiger partial charge >= 0.3 is 0 Å². The molecule has 6 heteroatoms. The molecule has 1 aliphatic rings. The molecule has 0 unspecified atom stereocenters. The lowest BCUT2D eigenvalue weighted by Crippen LogP contribution is -2.30. The van der Waals surface area contributed by atoms with Gasteiger partial charge in [0.05, 0.1) is 12.2 Å². The van der Waals surface area contributed by atoms with Gasteiger partial charge in [0, 0.05) is 35.9 Å². The summed E-state index contributed by atoms with van der Waals surface area (Å²) in [5.41, 5.74) is 3.19. The van der Waals surface area contributed by atoms with Gasteiger partial charge in [0.15, 0.2) is 0 Å². The van der Waals surface area contributed by atoms with Gasteiger partial charge in [-0.15, -0.1) is 0 Å². The second-order valence-electron chi connectivity index (χ2n) is 5.90. The van der Waals surface area contributed by atoms with Gasteiger partial charge in [-0.05, 0) is 35.9 Å². The number of amides is 2. The van der Waals surface area contributed by atoms with Gasteiger partial charge in [0.2, 0.25) is 11.8 Å². The molecule has 0 saturated carbocycles. The molecule has 1 aromatic heterocycles. The lowest BCUT2D eigenvalue weighted by Gasteiger charge is -2.24. The van der Waals surface area contributed by atoms with E-state index in [0.29, 0.717) is 11.4 Å². The molecule has 25 heavy (non-hydrogen) atoms. The topological polar surface area (TPSA) is 76.0 Å². The van der Waals surface area contributed by atoms with E-state index in [1.807, 2.05) is 59.3 Å². The summed E-state index contributed by atoms with van der Waals surface area (Å²) in [6.07, 6.45) is 5.42. The third-order valence-corrected chi connectivity index (χ3v) is 4.25. The van der Waals surface area contributed by atoms with Crippen LogP contribution in [0.1, 0.15) is 17.9 Å². The number of anilines is 2. The highest BCUT2D eigenvalue weighted by atomic mass is 16.2. The van der Waals surface area contributed by atoms with Crippen LogP contribution in [0, 0.1) is 0 Å². The highest BCUT2D eigenvalue weighted by Crippen LogP contribution is 2.32. The molecule has 0 saturated heterocycles. The fourth-order valence-corrected chi connectivity index (χ4v) is 3.00. The van der Waals surface area contributed by atoms with Gasteiger partial charge in [-0.25, -0.2) is 4.98 Å². The van der Waals surface area contributed by atoms with Crippen LogP contribution in [0.25, 0.3) is 5.69 Å². The van der Waals surface area contributed by atoms with Crippen molar-refractivity contribution in [2.75, 3.05) is 10.6 Å². The predicted molar refractivity (Wildman–Crippen MR) is 94.6 cm³/mol. The maximum absolute atomic E-state index is 12.7. The zero-order valence-corrected chi connectivity index (χ0v) is 13.3. The lowest BCUT2D eigenvalue weighted by molar-refractivity contribution is -0.123. The second kappa shape index (κ2) is 6.24. The van der Waals surface area contributed by atoms with Gasteiger partial charge in [0.25, 0.3) is 0 Å². The number of aromatic nitrogens is 2. The van der Waals surface area contributed by atoms with Crippen molar-refractivity contribution in [3.05, 3.63) is 72.8 Å². The van der Waals surface area contributed by atoms with Gasteiger partial charge in [-0.1, -0.05) is 18.2 Å². The van der Waals surface area contributed by atoms with E-state index in [2.05, 4.69) is 15.6 Å². The fraction of sp³-hybridized carbons (Fsp3) is 0.105. The van der Waals surface area contributed by atoms with Crippen LogP contribution < -0.4 is 10.6 Å². The minimum atomic E-state index is -0.488. The number of fused-ring (bicyclic) bond motifs is 1. The van der Waals surface area contributed by atoms with Crippen molar-refractivity contribution in [1.82, 2.24) is 9.55 Å². The van der Waals surface area contributed by atoms with E-state index in [1.165, 1.54) is 0 Å². The zero-order valence-electron chi connectivity index (χ0n) is 13.3. The second-order valence-corrected chi connectivity index (χ2v) is 5.90. The summed E-state index contributed by atoms with van der Waals surface area (Å²) in [6.45, 7) is 0. The summed E-state index contributed by atoms with van der Waals surface area (Å²) in [5.74, 6) is -0.815. The minimum absolute atomic E-state index is 0.144. The van der Waals surface area contributed by atoms with E-state index < -0.39 is 5.92 Å². The van der Waals surface area contributed by atoms with Crippen molar-refractivity contribution < 1.29 is 9.59 Å². The predicted octanol–water partition coefficient (Wildman–Crippen LogP) is 2.94. The Hall–Kier alpha value is -3.41. The number of imidazole rings is 1. The summed E-state index contributed by atoms with van der Waals surface area (Å²) in [5, 5.41) is 5.71. The lowest BCUT2D eigenvalue weighted by atomic mass is 9.90. The number of nitrogens with one attached hydrogen (secondary N) is 2. The third kappa shape index (κ3) is 3.01. The summed E-state index contributed by atoms with van der Waals surface area (Å²) in [6, 6.07) is 14.9. The molecule has 0 spiro atoms. The van der Waals surface area contributed by atoms with Gasteiger partial charge in [0.1, 0.15) is 0 Å². The Balaban J connectivity index is 1.53. The first-order valence-corrected chi connectivity index (χ1v) is 7.99. The summed E-state index contributed by atoms with van der Waals surface area (Å²) < 4.78 is 1.88. The molecular formula is C19H16N4O2.